The van der Waals surface area contributed by atoms with E-state index in [2.05, 4.69) is 21.3 Å². The monoisotopic (exact) mass is 1080 g/mol. The topological polar surface area (TPSA) is 348 Å². The third-order valence-electron chi connectivity index (χ3n) is 10.4. The Hall–Kier alpha value is -5.62. The highest BCUT2D eigenvalue weighted by Crippen LogP contribution is 2.29. The molecule has 2 aliphatic rings. The lowest BCUT2D eigenvalue weighted by atomic mass is 9.96. The number of esters is 6. The summed E-state index contributed by atoms with van der Waals surface area (Å²) in [6.07, 6.45) is -7.17. The lowest BCUT2D eigenvalue weighted by Gasteiger charge is -2.44. The molecule has 4 amide bonds. The van der Waals surface area contributed by atoms with E-state index in [1.165, 1.54) is 27.7 Å². The molecule has 0 aliphatic carbocycles. The number of carbonyl (C=O) groups is 10. The van der Waals surface area contributed by atoms with E-state index < -0.39 is 109 Å². The molecular formula is C47H76N4O24. The molecule has 0 radical (unpaired) electrons. The molecule has 2 fully saturated rings. The van der Waals surface area contributed by atoms with Crippen molar-refractivity contribution in [2.24, 2.45) is 0 Å². The predicted octanol–water partition coefficient (Wildman–Crippen LogP) is -1.42. The average Bonchev–Trinajstić information content (AvgIpc) is 3.31. The summed E-state index contributed by atoms with van der Waals surface area (Å²) in [6, 6.07) is -2.20. The van der Waals surface area contributed by atoms with Gasteiger partial charge in [0.25, 0.3) is 0 Å². The standard InChI is InChI=1S/C47H76N4O24/c1-28(52)50-40-44(72-34(7)58)42(70-32(5)56)36(26-68-30(3)54)74-46(40)66-24-22-64-20-18-62-16-14-48-38(60)12-10-9-11-13-39(61)49-15-17-63-19-21-65-23-25-67-47-41(51-29(2)53)45(73-35(8)59)43(71-33(6)57)37(75-47)27-69-31(4)55/h36-37,40-47H,9-27H2,1-8H3,(H,48,60)(H,49,61)(H,50,52)(H,51,53). The molecule has 0 spiro atoms. The van der Waals surface area contributed by atoms with E-state index in [0.717, 1.165) is 27.7 Å². The lowest BCUT2D eigenvalue weighted by molar-refractivity contribution is -0.279. The van der Waals surface area contributed by atoms with E-state index in [-0.39, 0.29) is 117 Å². The molecule has 75 heavy (non-hydrogen) atoms. The molecule has 2 rings (SSSR count). The number of amides is 4. The SMILES string of the molecule is CC(=O)NC1C(OCCOCCOCCNC(=O)CCCCCC(=O)NCCOCCOCCOC2OC(COC(C)=O)C(OC(C)=O)C(OC(C)=O)C2NC(C)=O)OC(COC(C)=O)C(OC(C)=O)C1OC(C)=O. The van der Waals surface area contributed by atoms with Crippen molar-refractivity contribution in [3.05, 3.63) is 0 Å². The highest BCUT2D eigenvalue weighted by molar-refractivity contribution is 5.77. The molecule has 428 valence electrons. The van der Waals surface area contributed by atoms with Crippen LogP contribution >= 0.6 is 0 Å². The van der Waals surface area contributed by atoms with Crippen LogP contribution in [0.15, 0.2) is 0 Å². The highest BCUT2D eigenvalue weighted by Gasteiger charge is 2.52. The first-order valence-corrected chi connectivity index (χ1v) is 24.6. The van der Waals surface area contributed by atoms with Gasteiger partial charge in [-0.3, -0.25) is 47.9 Å². The minimum atomic E-state index is -1.24. The molecule has 2 saturated heterocycles. The fourth-order valence-corrected chi connectivity index (χ4v) is 7.41. The Morgan fingerprint density at radius 3 is 1.03 bits per heavy atom. The molecule has 10 atom stereocenters. The van der Waals surface area contributed by atoms with Crippen molar-refractivity contribution in [3.63, 3.8) is 0 Å². The maximum absolute atomic E-state index is 12.2. The summed E-state index contributed by atoms with van der Waals surface area (Å²) in [5, 5.41) is 10.8. The Morgan fingerprint density at radius 1 is 0.387 bits per heavy atom. The second-order valence-corrected chi connectivity index (χ2v) is 16.9. The van der Waals surface area contributed by atoms with Gasteiger partial charge in [0.15, 0.2) is 37.0 Å². The number of ether oxygens (including phenoxy) is 14. The van der Waals surface area contributed by atoms with Crippen molar-refractivity contribution < 1.29 is 114 Å². The van der Waals surface area contributed by atoms with Gasteiger partial charge in [0.2, 0.25) is 23.6 Å². The summed E-state index contributed by atoms with van der Waals surface area (Å²) in [5.41, 5.74) is 0. The van der Waals surface area contributed by atoms with Crippen molar-refractivity contribution in [2.75, 3.05) is 92.4 Å². The first kappa shape index (κ1) is 65.5. The molecule has 28 heteroatoms. The summed E-state index contributed by atoms with van der Waals surface area (Å²) in [6.45, 7) is 10.6. The Balaban J connectivity index is 1.55. The van der Waals surface area contributed by atoms with E-state index in [1.807, 2.05) is 0 Å². The van der Waals surface area contributed by atoms with Crippen molar-refractivity contribution in [3.8, 4) is 0 Å². The summed E-state index contributed by atoms with van der Waals surface area (Å²) in [5.74, 6) is -5.48. The van der Waals surface area contributed by atoms with Gasteiger partial charge in [-0.25, -0.2) is 0 Å². The maximum atomic E-state index is 12.2. The Bertz CT molecular complexity index is 1700. The Morgan fingerprint density at radius 2 is 0.707 bits per heavy atom. The van der Waals surface area contributed by atoms with Gasteiger partial charge >= 0.3 is 35.8 Å². The minimum Gasteiger partial charge on any atom is -0.463 e. The molecule has 0 aromatic carbocycles. The van der Waals surface area contributed by atoms with Crippen LogP contribution < -0.4 is 21.3 Å². The quantitative estimate of drug-likeness (QED) is 0.0318. The van der Waals surface area contributed by atoms with E-state index in [1.54, 1.807) is 0 Å². The normalized spacial score (nSPS) is 23.1. The molecule has 10 unspecified atom stereocenters. The number of carbonyl (C=O) groups excluding carboxylic acids is 10. The van der Waals surface area contributed by atoms with Crippen LogP contribution in [0.3, 0.4) is 0 Å². The van der Waals surface area contributed by atoms with Crippen LogP contribution in [0.5, 0.6) is 0 Å². The number of hydrogen-bond donors (Lipinski definition) is 4. The summed E-state index contributed by atoms with van der Waals surface area (Å²) in [7, 11) is 0. The maximum Gasteiger partial charge on any atom is 0.303 e. The number of nitrogens with one attached hydrogen (secondary N) is 4. The molecule has 28 nitrogen and oxygen atoms in total. The van der Waals surface area contributed by atoms with Gasteiger partial charge < -0.3 is 87.6 Å². The zero-order valence-electron chi connectivity index (χ0n) is 44.0. The van der Waals surface area contributed by atoms with Gasteiger partial charge in [-0.2, -0.15) is 0 Å². The lowest BCUT2D eigenvalue weighted by Crippen LogP contribution is -2.66. The van der Waals surface area contributed by atoms with E-state index in [0.29, 0.717) is 19.3 Å². The third-order valence-corrected chi connectivity index (χ3v) is 10.4. The summed E-state index contributed by atoms with van der Waals surface area (Å²) < 4.78 is 77.4. The Labute approximate surface area is 435 Å². The second kappa shape index (κ2) is 37.2. The molecule has 0 saturated carbocycles. The summed E-state index contributed by atoms with van der Waals surface area (Å²) >= 11 is 0. The van der Waals surface area contributed by atoms with Gasteiger partial charge in [0.1, 0.15) is 37.5 Å². The molecule has 2 heterocycles. The van der Waals surface area contributed by atoms with Gasteiger partial charge in [-0.1, -0.05) is 6.42 Å². The fourth-order valence-electron chi connectivity index (χ4n) is 7.41. The van der Waals surface area contributed by atoms with E-state index in [9.17, 15) is 47.9 Å². The number of rotatable bonds is 36. The van der Waals surface area contributed by atoms with Crippen molar-refractivity contribution in [1.82, 2.24) is 21.3 Å². The van der Waals surface area contributed by atoms with Crippen LogP contribution in [0, 0.1) is 0 Å². The number of unbranched alkanes of at least 4 members (excludes halogenated alkanes) is 2. The molecule has 0 aromatic heterocycles. The zero-order valence-corrected chi connectivity index (χ0v) is 44.0. The molecular weight excluding hydrogens is 1000 g/mol. The first-order valence-electron chi connectivity index (χ1n) is 24.6. The van der Waals surface area contributed by atoms with E-state index in [4.69, 9.17) is 66.3 Å². The van der Waals surface area contributed by atoms with Gasteiger partial charge in [-0.05, 0) is 12.8 Å². The first-order chi connectivity index (χ1) is 35.7. The van der Waals surface area contributed by atoms with Crippen LogP contribution in [0.25, 0.3) is 0 Å². The van der Waals surface area contributed by atoms with Crippen molar-refractivity contribution >= 4 is 59.4 Å². The number of hydrogen-bond acceptors (Lipinski definition) is 24. The smallest absolute Gasteiger partial charge is 0.303 e. The third kappa shape index (κ3) is 28.7. The van der Waals surface area contributed by atoms with Gasteiger partial charge in [0.05, 0.1) is 66.1 Å². The summed E-state index contributed by atoms with van der Waals surface area (Å²) in [4.78, 5) is 120. The molecule has 2 aliphatic heterocycles. The minimum absolute atomic E-state index is 0.0379. The highest BCUT2D eigenvalue weighted by atomic mass is 16.7. The van der Waals surface area contributed by atoms with E-state index >= 15 is 0 Å². The van der Waals surface area contributed by atoms with Crippen LogP contribution in [-0.4, -0.2) is 213 Å². The molecule has 0 aromatic rings. The Kier molecular flexibility index (Phi) is 32.5. The van der Waals surface area contributed by atoms with Crippen LogP contribution in [0.4, 0.5) is 0 Å². The fraction of sp³-hybridized carbons (Fsp3) is 0.787. The van der Waals surface area contributed by atoms with Crippen molar-refractivity contribution in [1.29, 1.82) is 0 Å². The zero-order chi connectivity index (χ0) is 55.7. The predicted molar refractivity (Wildman–Crippen MR) is 252 cm³/mol. The van der Waals surface area contributed by atoms with Crippen molar-refractivity contribution in [2.45, 2.75) is 149 Å². The van der Waals surface area contributed by atoms with Crippen LogP contribution in [-0.2, 0) is 114 Å². The van der Waals surface area contributed by atoms with Gasteiger partial charge in [0, 0.05) is 81.3 Å². The average molecular weight is 1080 g/mol. The molecule has 0 bridgehead atoms. The van der Waals surface area contributed by atoms with Gasteiger partial charge in [-0.15, -0.1) is 0 Å². The molecule has 4 N–H and O–H groups in total. The second-order valence-electron chi connectivity index (χ2n) is 16.9. The largest absolute Gasteiger partial charge is 0.463 e. The van der Waals surface area contributed by atoms with Crippen LogP contribution in [0.1, 0.15) is 87.5 Å². The van der Waals surface area contributed by atoms with Crippen LogP contribution in [0.2, 0.25) is 0 Å².